The number of piperidine rings is 1. The van der Waals surface area contributed by atoms with Crippen molar-refractivity contribution >= 4 is 0 Å². The molecular formula is C23H31N3. The van der Waals surface area contributed by atoms with Crippen LogP contribution in [0.4, 0.5) is 0 Å². The summed E-state index contributed by atoms with van der Waals surface area (Å²) < 4.78 is 0. The van der Waals surface area contributed by atoms with Gasteiger partial charge in [-0.25, -0.2) is 0 Å². The smallest absolute Gasteiger partial charge is 0.0547 e. The molecule has 3 nitrogen and oxygen atoms in total. The number of likely N-dealkylation sites (tertiary alicyclic amines) is 2. The van der Waals surface area contributed by atoms with Crippen LogP contribution in [-0.4, -0.2) is 41.0 Å². The lowest BCUT2D eigenvalue weighted by atomic mass is 9.79. The lowest BCUT2D eigenvalue weighted by Gasteiger charge is -2.40. The minimum absolute atomic E-state index is 0.492. The molecule has 1 atom stereocenters. The van der Waals surface area contributed by atoms with Crippen molar-refractivity contribution < 1.29 is 0 Å². The number of benzene rings is 1. The Balaban J connectivity index is 1.38. The van der Waals surface area contributed by atoms with Crippen molar-refractivity contribution in [2.45, 2.75) is 46.2 Å². The van der Waals surface area contributed by atoms with Gasteiger partial charge in [0.05, 0.1) is 5.69 Å². The van der Waals surface area contributed by atoms with Crippen molar-refractivity contribution in [3.05, 3.63) is 65.0 Å². The molecule has 3 heteroatoms. The molecule has 3 heterocycles. The van der Waals surface area contributed by atoms with Gasteiger partial charge in [-0.2, -0.15) is 0 Å². The number of pyridine rings is 1. The first-order valence-electron chi connectivity index (χ1n) is 10.0. The summed E-state index contributed by atoms with van der Waals surface area (Å²) >= 11 is 0. The minimum Gasteiger partial charge on any atom is -0.298 e. The highest BCUT2D eigenvalue weighted by Gasteiger charge is 2.41. The molecule has 0 aliphatic carbocycles. The highest BCUT2D eigenvalue weighted by molar-refractivity contribution is 5.22. The third-order valence-electron chi connectivity index (χ3n) is 6.08. The zero-order valence-corrected chi connectivity index (χ0v) is 16.2. The summed E-state index contributed by atoms with van der Waals surface area (Å²) in [6.07, 6.45) is 4.05. The average molecular weight is 350 g/mol. The highest BCUT2D eigenvalue weighted by Crippen LogP contribution is 2.39. The van der Waals surface area contributed by atoms with Gasteiger partial charge in [-0.3, -0.25) is 14.8 Å². The van der Waals surface area contributed by atoms with Gasteiger partial charge >= 0.3 is 0 Å². The van der Waals surface area contributed by atoms with Gasteiger partial charge in [-0.15, -0.1) is 0 Å². The minimum atomic E-state index is 0.492. The Morgan fingerprint density at radius 3 is 2.54 bits per heavy atom. The van der Waals surface area contributed by atoms with Crippen LogP contribution in [0.3, 0.4) is 0 Å². The summed E-state index contributed by atoms with van der Waals surface area (Å²) in [7, 11) is 0. The Hall–Kier alpha value is -1.71. The third kappa shape index (κ3) is 4.16. The molecule has 0 bridgehead atoms. The van der Waals surface area contributed by atoms with Crippen LogP contribution in [0.5, 0.6) is 0 Å². The van der Waals surface area contributed by atoms with Crippen LogP contribution in [0.1, 0.15) is 41.8 Å². The number of rotatable bonds is 4. The number of hydrogen-bond acceptors (Lipinski definition) is 3. The van der Waals surface area contributed by atoms with Gasteiger partial charge in [-0.1, -0.05) is 35.9 Å². The van der Waals surface area contributed by atoms with E-state index >= 15 is 0 Å². The lowest BCUT2D eigenvalue weighted by molar-refractivity contribution is 0.0857. The molecule has 0 N–H and O–H groups in total. The zero-order valence-electron chi connectivity index (χ0n) is 16.2. The lowest BCUT2D eigenvalue weighted by Crippen LogP contribution is -2.44. The summed E-state index contributed by atoms with van der Waals surface area (Å²) in [4.78, 5) is 10.0. The van der Waals surface area contributed by atoms with Gasteiger partial charge in [0.2, 0.25) is 0 Å². The molecular weight excluding hydrogens is 318 g/mol. The van der Waals surface area contributed by atoms with Gasteiger partial charge in [0.1, 0.15) is 0 Å². The third-order valence-corrected chi connectivity index (χ3v) is 6.08. The van der Waals surface area contributed by atoms with Crippen LogP contribution in [-0.2, 0) is 13.1 Å². The molecule has 138 valence electrons. The van der Waals surface area contributed by atoms with Gasteiger partial charge in [0, 0.05) is 31.9 Å². The van der Waals surface area contributed by atoms with E-state index in [0.29, 0.717) is 5.41 Å². The molecule has 2 aliphatic heterocycles. The van der Waals surface area contributed by atoms with E-state index in [9.17, 15) is 0 Å². The van der Waals surface area contributed by atoms with E-state index in [2.05, 4.69) is 66.1 Å². The molecule has 0 amide bonds. The molecule has 4 rings (SSSR count). The Morgan fingerprint density at radius 2 is 1.73 bits per heavy atom. The SMILES string of the molecule is Cc1cccc(CN2CC[C@]3(CCCN(Cc4cccc(C)n4)C3)C2)c1. The molecule has 1 aromatic heterocycles. The van der Waals surface area contributed by atoms with Crippen molar-refractivity contribution in [3.8, 4) is 0 Å². The number of hydrogen-bond donors (Lipinski definition) is 0. The maximum Gasteiger partial charge on any atom is 0.0547 e. The molecule has 0 saturated carbocycles. The van der Waals surface area contributed by atoms with E-state index < -0.39 is 0 Å². The van der Waals surface area contributed by atoms with Crippen LogP contribution in [0.15, 0.2) is 42.5 Å². The quantitative estimate of drug-likeness (QED) is 0.825. The fraction of sp³-hybridized carbons (Fsp3) is 0.522. The van der Waals surface area contributed by atoms with Crippen LogP contribution in [0, 0.1) is 19.3 Å². The van der Waals surface area contributed by atoms with Crippen LogP contribution in [0.25, 0.3) is 0 Å². The molecule has 2 saturated heterocycles. The van der Waals surface area contributed by atoms with Crippen molar-refractivity contribution in [2.75, 3.05) is 26.2 Å². The maximum absolute atomic E-state index is 4.71. The Morgan fingerprint density at radius 1 is 0.923 bits per heavy atom. The Kier molecular flexibility index (Phi) is 5.10. The van der Waals surface area contributed by atoms with Crippen LogP contribution in [0.2, 0.25) is 0 Å². The van der Waals surface area contributed by atoms with Crippen LogP contribution >= 0.6 is 0 Å². The van der Waals surface area contributed by atoms with Gasteiger partial charge in [0.25, 0.3) is 0 Å². The Labute approximate surface area is 158 Å². The molecule has 2 aliphatic rings. The van der Waals surface area contributed by atoms with Crippen molar-refractivity contribution in [1.82, 2.24) is 14.8 Å². The normalized spacial score (nSPS) is 24.4. The summed E-state index contributed by atoms with van der Waals surface area (Å²) in [5.41, 5.74) is 5.66. The topological polar surface area (TPSA) is 19.4 Å². The monoisotopic (exact) mass is 349 g/mol. The first kappa shape index (κ1) is 17.7. The fourth-order valence-electron chi connectivity index (χ4n) is 4.93. The number of aromatic nitrogens is 1. The van der Waals surface area contributed by atoms with Crippen molar-refractivity contribution in [3.63, 3.8) is 0 Å². The summed E-state index contributed by atoms with van der Waals surface area (Å²) in [6, 6.07) is 15.4. The summed E-state index contributed by atoms with van der Waals surface area (Å²) in [6.45, 7) is 11.3. The van der Waals surface area contributed by atoms with E-state index in [1.54, 1.807) is 0 Å². The van der Waals surface area contributed by atoms with Crippen LogP contribution < -0.4 is 0 Å². The summed E-state index contributed by atoms with van der Waals surface area (Å²) in [5.74, 6) is 0. The Bertz CT molecular complexity index is 757. The fourth-order valence-corrected chi connectivity index (χ4v) is 4.93. The molecule has 0 unspecified atom stereocenters. The molecule has 2 fully saturated rings. The maximum atomic E-state index is 4.71. The first-order chi connectivity index (χ1) is 12.6. The van der Waals surface area contributed by atoms with Crippen molar-refractivity contribution in [1.29, 1.82) is 0 Å². The van der Waals surface area contributed by atoms with Gasteiger partial charge < -0.3 is 0 Å². The summed E-state index contributed by atoms with van der Waals surface area (Å²) in [5, 5.41) is 0. The molecule has 26 heavy (non-hydrogen) atoms. The van der Waals surface area contributed by atoms with E-state index in [-0.39, 0.29) is 0 Å². The van der Waals surface area contributed by atoms with E-state index in [1.165, 1.54) is 62.3 Å². The zero-order chi connectivity index (χ0) is 18.0. The van der Waals surface area contributed by atoms with Crippen molar-refractivity contribution in [2.24, 2.45) is 5.41 Å². The predicted molar refractivity (Wildman–Crippen MR) is 107 cm³/mol. The predicted octanol–water partition coefficient (Wildman–Crippen LogP) is 4.19. The molecule has 2 aromatic rings. The molecule has 1 aromatic carbocycles. The largest absolute Gasteiger partial charge is 0.298 e. The molecule has 0 radical (unpaired) electrons. The average Bonchev–Trinajstić information content (AvgIpc) is 2.97. The number of nitrogens with zero attached hydrogens (tertiary/aromatic N) is 3. The van der Waals surface area contributed by atoms with Gasteiger partial charge in [0.15, 0.2) is 0 Å². The second kappa shape index (κ2) is 7.50. The first-order valence-corrected chi connectivity index (χ1v) is 10.0. The highest BCUT2D eigenvalue weighted by atomic mass is 15.2. The van der Waals surface area contributed by atoms with E-state index in [1.807, 2.05) is 0 Å². The van der Waals surface area contributed by atoms with Gasteiger partial charge in [-0.05, 0) is 69.3 Å². The second-order valence-corrected chi connectivity index (χ2v) is 8.53. The second-order valence-electron chi connectivity index (χ2n) is 8.53. The number of aryl methyl sites for hydroxylation is 2. The standard InChI is InChI=1S/C23H31N3/c1-19-6-3-8-21(14-19)15-26-13-11-23(18-26)10-5-12-25(17-23)16-22-9-4-7-20(2)24-22/h3-4,6-9,14H,5,10-13,15-18H2,1-2H3/t23-/m0/s1. The van der Waals surface area contributed by atoms with E-state index in [4.69, 9.17) is 4.98 Å². The molecule has 1 spiro atoms. The van der Waals surface area contributed by atoms with E-state index in [0.717, 1.165) is 18.8 Å².